The molecule has 1 aromatic carbocycles. The Bertz CT molecular complexity index is 925. The topological polar surface area (TPSA) is 53.7 Å². The normalized spacial score (nSPS) is 15.7. The van der Waals surface area contributed by atoms with E-state index in [2.05, 4.69) is 38.9 Å². The van der Waals surface area contributed by atoms with E-state index in [1.807, 2.05) is 40.9 Å². The molecule has 1 saturated carbocycles. The number of benzene rings is 1. The number of pyridine rings is 1. The second kappa shape index (κ2) is 7.61. The van der Waals surface area contributed by atoms with Gasteiger partial charge in [0.25, 0.3) is 0 Å². The third-order valence-corrected chi connectivity index (χ3v) is 5.43. The number of aliphatic imine (C=N–C) groups is 1. The summed E-state index contributed by atoms with van der Waals surface area (Å²) in [6.07, 6.45) is 7.30. The average Bonchev–Trinajstić information content (AvgIpc) is 3.36. The number of nitrogens with zero attached hydrogens (tertiary/aromatic N) is 3. The minimum atomic E-state index is 0.185. The van der Waals surface area contributed by atoms with Crippen molar-refractivity contribution in [3.63, 3.8) is 0 Å². The van der Waals surface area contributed by atoms with Crippen LogP contribution in [-0.2, 0) is 11.8 Å². The zero-order chi connectivity index (χ0) is 18.7. The summed E-state index contributed by atoms with van der Waals surface area (Å²) in [5.74, 6) is 0.826. The highest BCUT2D eigenvalue weighted by Gasteiger charge is 2.44. The lowest BCUT2D eigenvalue weighted by Crippen LogP contribution is -2.42. The van der Waals surface area contributed by atoms with Crippen LogP contribution in [0, 0.1) is 0 Å². The van der Waals surface area contributed by atoms with E-state index in [0.29, 0.717) is 0 Å². The molecule has 4 rings (SSSR count). The maximum atomic E-state index is 6.16. The number of hydrogen-bond acceptors (Lipinski definition) is 2. The molecule has 2 aromatic heterocycles. The van der Waals surface area contributed by atoms with Crippen molar-refractivity contribution in [3.8, 4) is 0 Å². The molecule has 0 saturated heterocycles. The van der Waals surface area contributed by atoms with Crippen molar-refractivity contribution in [3.05, 3.63) is 71.1 Å². The third-order valence-electron chi connectivity index (χ3n) is 5.20. The standard InChI is InChI=1S/C21H24ClN5/c1-23-20(24-11-8-18-14-27-12-3-2-7-19(27)26-18)25-15-21(9-10-21)16-5-4-6-17(22)13-16/h2-7,12-14H,8-11,15H2,1H3,(H2,23,24,25). The molecule has 0 atom stereocenters. The molecular weight excluding hydrogens is 358 g/mol. The third kappa shape index (κ3) is 4.08. The number of nitrogens with one attached hydrogen (secondary N) is 2. The van der Waals surface area contributed by atoms with Crippen molar-refractivity contribution in [2.24, 2.45) is 4.99 Å². The maximum Gasteiger partial charge on any atom is 0.191 e. The van der Waals surface area contributed by atoms with Crippen LogP contribution in [0.4, 0.5) is 0 Å². The summed E-state index contributed by atoms with van der Waals surface area (Å²) in [7, 11) is 1.80. The molecule has 0 unspecified atom stereocenters. The van der Waals surface area contributed by atoms with Crippen molar-refractivity contribution < 1.29 is 0 Å². The molecule has 0 aliphatic heterocycles. The SMILES string of the molecule is CN=C(NCCc1cn2ccccc2n1)NCC1(c2cccc(Cl)c2)CC1. The molecule has 1 fully saturated rings. The van der Waals surface area contributed by atoms with E-state index in [1.54, 1.807) is 7.05 Å². The molecule has 5 nitrogen and oxygen atoms in total. The van der Waals surface area contributed by atoms with Gasteiger partial charge in [-0.3, -0.25) is 4.99 Å². The second-order valence-electron chi connectivity index (χ2n) is 7.09. The van der Waals surface area contributed by atoms with Gasteiger partial charge in [0.15, 0.2) is 5.96 Å². The minimum absolute atomic E-state index is 0.185. The summed E-state index contributed by atoms with van der Waals surface area (Å²) in [5.41, 5.74) is 3.54. The molecule has 2 heterocycles. The first kappa shape index (κ1) is 17.9. The van der Waals surface area contributed by atoms with Crippen LogP contribution in [-0.4, -0.2) is 35.5 Å². The Kier molecular flexibility index (Phi) is 5.03. The Labute approximate surface area is 164 Å². The molecule has 1 aliphatic rings. The van der Waals surface area contributed by atoms with E-state index in [4.69, 9.17) is 11.6 Å². The highest BCUT2D eigenvalue weighted by atomic mass is 35.5. The fourth-order valence-electron chi connectivity index (χ4n) is 3.43. The summed E-state index contributed by atoms with van der Waals surface area (Å²) in [4.78, 5) is 8.98. The Hall–Kier alpha value is -2.53. The summed E-state index contributed by atoms with van der Waals surface area (Å²) < 4.78 is 2.05. The first-order valence-corrected chi connectivity index (χ1v) is 9.70. The first-order valence-electron chi connectivity index (χ1n) is 9.32. The van der Waals surface area contributed by atoms with Gasteiger partial charge in [-0.15, -0.1) is 0 Å². The van der Waals surface area contributed by atoms with Gasteiger partial charge in [-0.25, -0.2) is 4.98 Å². The Morgan fingerprint density at radius 3 is 2.85 bits per heavy atom. The van der Waals surface area contributed by atoms with Crippen LogP contribution in [0.5, 0.6) is 0 Å². The van der Waals surface area contributed by atoms with E-state index in [-0.39, 0.29) is 5.41 Å². The van der Waals surface area contributed by atoms with Gasteiger partial charge in [0.05, 0.1) is 5.69 Å². The second-order valence-corrected chi connectivity index (χ2v) is 7.53. The number of imidazole rings is 1. The van der Waals surface area contributed by atoms with Crippen molar-refractivity contribution in [1.82, 2.24) is 20.0 Å². The molecule has 0 bridgehead atoms. The number of fused-ring (bicyclic) bond motifs is 1. The molecule has 0 spiro atoms. The Balaban J connectivity index is 1.29. The van der Waals surface area contributed by atoms with Gasteiger partial charge < -0.3 is 15.0 Å². The van der Waals surface area contributed by atoms with Crippen LogP contribution in [0.3, 0.4) is 0 Å². The Morgan fingerprint density at radius 2 is 2.11 bits per heavy atom. The number of guanidine groups is 1. The fourth-order valence-corrected chi connectivity index (χ4v) is 3.62. The monoisotopic (exact) mass is 381 g/mol. The van der Waals surface area contributed by atoms with Crippen molar-refractivity contribution in [2.75, 3.05) is 20.1 Å². The largest absolute Gasteiger partial charge is 0.356 e. The van der Waals surface area contributed by atoms with E-state index < -0.39 is 0 Å². The lowest BCUT2D eigenvalue weighted by molar-refractivity contribution is 0.645. The zero-order valence-corrected chi connectivity index (χ0v) is 16.2. The van der Waals surface area contributed by atoms with Gasteiger partial charge in [-0.1, -0.05) is 29.8 Å². The molecule has 3 aromatic rings. The number of halogens is 1. The average molecular weight is 382 g/mol. The summed E-state index contributed by atoms with van der Waals surface area (Å²) in [6, 6.07) is 14.2. The van der Waals surface area contributed by atoms with E-state index >= 15 is 0 Å². The molecule has 0 amide bonds. The van der Waals surface area contributed by atoms with Gasteiger partial charge in [0.2, 0.25) is 0 Å². The van der Waals surface area contributed by atoms with Gasteiger partial charge >= 0.3 is 0 Å². The van der Waals surface area contributed by atoms with Crippen molar-refractivity contribution in [2.45, 2.75) is 24.7 Å². The number of hydrogen-bond donors (Lipinski definition) is 2. The number of rotatable bonds is 6. The Morgan fingerprint density at radius 1 is 1.22 bits per heavy atom. The van der Waals surface area contributed by atoms with Crippen molar-refractivity contribution in [1.29, 1.82) is 0 Å². The molecule has 140 valence electrons. The van der Waals surface area contributed by atoms with Gasteiger partial charge in [-0.2, -0.15) is 0 Å². The van der Waals surface area contributed by atoms with E-state index in [0.717, 1.165) is 41.8 Å². The van der Waals surface area contributed by atoms with Gasteiger partial charge in [-0.05, 0) is 42.7 Å². The molecule has 1 aliphatic carbocycles. The molecule has 0 radical (unpaired) electrons. The molecule has 27 heavy (non-hydrogen) atoms. The van der Waals surface area contributed by atoms with E-state index in [1.165, 1.54) is 18.4 Å². The predicted molar refractivity (Wildman–Crippen MR) is 111 cm³/mol. The summed E-state index contributed by atoms with van der Waals surface area (Å²) >= 11 is 6.16. The van der Waals surface area contributed by atoms with E-state index in [9.17, 15) is 0 Å². The summed E-state index contributed by atoms with van der Waals surface area (Å²) in [6.45, 7) is 1.65. The van der Waals surface area contributed by atoms with Crippen LogP contribution in [0.1, 0.15) is 24.1 Å². The quantitative estimate of drug-likeness (QED) is 0.508. The van der Waals surface area contributed by atoms with Gasteiger partial charge in [0, 0.05) is 49.4 Å². The fraction of sp³-hybridized carbons (Fsp3) is 0.333. The van der Waals surface area contributed by atoms with Crippen LogP contribution in [0.2, 0.25) is 5.02 Å². The molecular formula is C21H24ClN5. The van der Waals surface area contributed by atoms with Gasteiger partial charge in [0.1, 0.15) is 5.65 Å². The van der Waals surface area contributed by atoms with Crippen LogP contribution in [0.15, 0.2) is 59.9 Å². The lowest BCUT2D eigenvalue weighted by atomic mass is 9.96. The maximum absolute atomic E-state index is 6.16. The molecule has 2 N–H and O–H groups in total. The highest BCUT2D eigenvalue weighted by molar-refractivity contribution is 6.30. The first-order chi connectivity index (χ1) is 13.2. The van der Waals surface area contributed by atoms with Crippen LogP contribution < -0.4 is 10.6 Å². The lowest BCUT2D eigenvalue weighted by Gasteiger charge is -2.19. The van der Waals surface area contributed by atoms with Crippen LogP contribution >= 0.6 is 11.6 Å². The summed E-state index contributed by atoms with van der Waals surface area (Å²) in [5, 5.41) is 7.66. The highest BCUT2D eigenvalue weighted by Crippen LogP contribution is 2.48. The number of aromatic nitrogens is 2. The van der Waals surface area contributed by atoms with Crippen molar-refractivity contribution >= 4 is 23.2 Å². The smallest absolute Gasteiger partial charge is 0.191 e. The minimum Gasteiger partial charge on any atom is -0.356 e. The molecule has 6 heteroatoms. The zero-order valence-electron chi connectivity index (χ0n) is 15.5. The van der Waals surface area contributed by atoms with Crippen LogP contribution in [0.25, 0.3) is 5.65 Å². The predicted octanol–water partition coefficient (Wildman–Crippen LogP) is 3.43.